The van der Waals surface area contributed by atoms with E-state index in [-0.39, 0.29) is 11.1 Å². The van der Waals surface area contributed by atoms with E-state index >= 15 is 0 Å². The van der Waals surface area contributed by atoms with Crippen LogP contribution in [0, 0.1) is 16.0 Å². The van der Waals surface area contributed by atoms with Gasteiger partial charge in [0.2, 0.25) is 5.72 Å². The zero-order valence-electron chi connectivity index (χ0n) is 15.8. The second-order valence-electron chi connectivity index (χ2n) is 6.76. The number of rotatable bonds is 5. The normalized spacial score (nSPS) is 23.5. The fourth-order valence-corrected chi connectivity index (χ4v) is 3.67. The van der Waals surface area contributed by atoms with E-state index in [1.54, 1.807) is 5.32 Å². The van der Waals surface area contributed by atoms with Gasteiger partial charge in [0.1, 0.15) is 11.7 Å². The number of nitro groups is 1. The second-order valence-corrected chi connectivity index (χ2v) is 7.17. The van der Waals surface area contributed by atoms with E-state index in [1.807, 2.05) is 0 Å². The van der Waals surface area contributed by atoms with E-state index < -0.39 is 45.4 Å². The lowest BCUT2D eigenvalue weighted by atomic mass is 9.77. The van der Waals surface area contributed by atoms with Crippen molar-refractivity contribution in [3.05, 3.63) is 69.8 Å². The Labute approximate surface area is 179 Å². The molecule has 164 valence electrons. The average molecular weight is 455 g/mol. The van der Waals surface area contributed by atoms with Crippen LogP contribution in [0.3, 0.4) is 0 Å². The van der Waals surface area contributed by atoms with Gasteiger partial charge < -0.3 is 20.5 Å². The van der Waals surface area contributed by atoms with Crippen LogP contribution in [-0.2, 0) is 0 Å². The molecule has 1 aliphatic rings. The van der Waals surface area contributed by atoms with Crippen molar-refractivity contribution in [3.8, 4) is 5.75 Å². The fourth-order valence-electron chi connectivity index (χ4n) is 3.38. The van der Waals surface area contributed by atoms with Crippen molar-refractivity contribution >= 4 is 28.8 Å². The first kappa shape index (κ1) is 22.4. The molecule has 1 aliphatic heterocycles. The van der Waals surface area contributed by atoms with E-state index in [9.17, 15) is 33.2 Å². The molecular weight excluding hydrogens is 439 g/mol. The molecule has 1 fully saturated rings. The lowest BCUT2D eigenvalue weighted by Crippen LogP contribution is -2.72. The third-order valence-electron chi connectivity index (χ3n) is 4.90. The number of benzene rings is 2. The monoisotopic (exact) mass is 455 g/mol. The maximum atomic E-state index is 14.0. The molecule has 1 heterocycles. The van der Waals surface area contributed by atoms with Crippen LogP contribution < -0.4 is 15.4 Å². The molecule has 0 amide bonds. The van der Waals surface area contributed by atoms with Gasteiger partial charge in [-0.3, -0.25) is 14.9 Å². The number of carbonyl (C=O) groups excluding carboxylic acids is 1. The number of nitrogens with one attached hydrogen (secondary N) is 2. The minimum Gasteiger partial charge on any atom is -0.497 e. The van der Waals surface area contributed by atoms with Crippen molar-refractivity contribution in [1.29, 1.82) is 0 Å². The number of hydrogen-bond acceptors (Lipinski definition) is 6. The number of ketones is 1. The molecule has 0 saturated carbocycles. The highest BCUT2D eigenvalue weighted by atomic mass is 32.1. The fraction of sp³-hybridized carbons (Fsp3) is 0.263. The van der Waals surface area contributed by atoms with Gasteiger partial charge in [-0.05, 0) is 42.0 Å². The molecule has 0 bridgehead atoms. The first-order valence-corrected chi connectivity index (χ1v) is 9.19. The first-order valence-electron chi connectivity index (χ1n) is 8.78. The predicted octanol–water partition coefficient (Wildman–Crippen LogP) is 2.87. The average Bonchev–Trinajstić information content (AvgIpc) is 2.72. The molecule has 0 spiro atoms. The van der Waals surface area contributed by atoms with E-state index in [0.29, 0.717) is 5.75 Å². The summed E-state index contributed by atoms with van der Waals surface area (Å²) >= 11 is 4.83. The van der Waals surface area contributed by atoms with Crippen LogP contribution in [0.1, 0.15) is 22.0 Å². The van der Waals surface area contributed by atoms with Crippen LogP contribution in [0.5, 0.6) is 5.75 Å². The van der Waals surface area contributed by atoms with Crippen molar-refractivity contribution in [3.63, 3.8) is 0 Å². The highest BCUT2D eigenvalue weighted by Crippen LogP contribution is 2.44. The van der Waals surface area contributed by atoms with Gasteiger partial charge in [0.05, 0.1) is 18.1 Å². The lowest BCUT2D eigenvalue weighted by molar-refractivity contribution is -0.385. The highest BCUT2D eigenvalue weighted by Gasteiger charge is 2.65. The summed E-state index contributed by atoms with van der Waals surface area (Å²) < 4.78 is 46.9. The first-order chi connectivity index (χ1) is 14.5. The summed E-state index contributed by atoms with van der Waals surface area (Å²) in [6.07, 6.45) is -5.30. The minimum atomic E-state index is -5.30. The van der Waals surface area contributed by atoms with Crippen LogP contribution in [0.15, 0.2) is 48.5 Å². The molecule has 3 rings (SSSR count). The SMILES string of the molecule is COc1ccc(C(=O)C2C(c3cccc([N+](=O)[O-])c3)NC(=S)NC2(O)C(F)(F)F)cc1. The summed E-state index contributed by atoms with van der Waals surface area (Å²) in [5.74, 6) is -2.84. The Balaban J connectivity index is 2.16. The molecule has 3 unspecified atom stereocenters. The van der Waals surface area contributed by atoms with E-state index in [2.05, 4.69) is 5.32 Å². The molecule has 0 aliphatic carbocycles. The number of non-ortho nitro benzene ring substituents is 1. The molecule has 2 aromatic rings. The highest BCUT2D eigenvalue weighted by molar-refractivity contribution is 7.80. The third-order valence-corrected chi connectivity index (χ3v) is 5.12. The molecule has 12 heteroatoms. The van der Waals surface area contributed by atoms with Gasteiger partial charge in [0.15, 0.2) is 10.9 Å². The second kappa shape index (κ2) is 8.12. The van der Waals surface area contributed by atoms with Gasteiger partial charge in [0, 0.05) is 17.7 Å². The number of alkyl halides is 3. The molecular formula is C19H16F3N3O5S. The zero-order chi connectivity index (χ0) is 23.0. The summed E-state index contributed by atoms with van der Waals surface area (Å²) in [4.78, 5) is 23.6. The van der Waals surface area contributed by atoms with Crippen molar-refractivity contribution in [2.24, 2.45) is 5.92 Å². The van der Waals surface area contributed by atoms with Crippen LogP contribution >= 0.6 is 12.2 Å². The summed E-state index contributed by atoms with van der Waals surface area (Å²) in [6, 6.07) is 8.54. The van der Waals surface area contributed by atoms with Crippen molar-refractivity contribution < 1.29 is 32.7 Å². The molecule has 3 atom stereocenters. The van der Waals surface area contributed by atoms with Crippen LogP contribution in [0.25, 0.3) is 0 Å². The molecule has 31 heavy (non-hydrogen) atoms. The standard InChI is InChI=1S/C19H16F3N3O5S/c1-30-13-7-5-10(6-8-13)16(26)14-15(11-3-2-4-12(9-11)25(28)29)23-17(31)24-18(14,27)19(20,21)22/h2-9,14-15,27H,1H3,(H2,23,24,31). The number of nitro benzene ring substituents is 1. The number of nitrogens with zero attached hydrogens (tertiary/aromatic N) is 1. The maximum absolute atomic E-state index is 14.0. The molecule has 1 saturated heterocycles. The lowest BCUT2D eigenvalue weighted by Gasteiger charge is -2.46. The Bertz CT molecular complexity index is 1030. The Hall–Kier alpha value is -3.25. The number of carbonyl (C=O) groups is 1. The largest absolute Gasteiger partial charge is 0.497 e. The van der Waals surface area contributed by atoms with E-state index in [0.717, 1.165) is 12.1 Å². The number of methoxy groups -OCH3 is 1. The smallest absolute Gasteiger partial charge is 0.437 e. The summed E-state index contributed by atoms with van der Waals surface area (Å²) in [5.41, 5.74) is -4.26. The molecule has 0 aromatic heterocycles. The maximum Gasteiger partial charge on any atom is 0.437 e. The number of halogens is 3. The number of aliphatic hydroxyl groups is 1. The number of Topliss-reactive ketones (excluding diaryl/α,β-unsaturated/α-hetero) is 1. The Morgan fingerprint density at radius 1 is 1.26 bits per heavy atom. The van der Waals surface area contributed by atoms with Crippen LogP contribution in [0.4, 0.5) is 18.9 Å². The Morgan fingerprint density at radius 2 is 1.90 bits per heavy atom. The van der Waals surface area contributed by atoms with Gasteiger partial charge >= 0.3 is 6.18 Å². The summed E-state index contributed by atoms with van der Waals surface area (Å²) in [7, 11) is 1.38. The number of ether oxygens (including phenoxy) is 1. The molecule has 0 radical (unpaired) electrons. The van der Waals surface area contributed by atoms with E-state index in [4.69, 9.17) is 17.0 Å². The molecule has 8 nitrogen and oxygen atoms in total. The minimum absolute atomic E-state index is 0.0208. The van der Waals surface area contributed by atoms with E-state index in [1.165, 1.54) is 43.5 Å². The van der Waals surface area contributed by atoms with Gasteiger partial charge in [-0.2, -0.15) is 13.2 Å². The van der Waals surface area contributed by atoms with Crippen molar-refractivity contribution in [1.82, 2.24) is 10.6 Å². The predicted molar refractivity (Wildman–Crippen MR) is 107 cm³/mol. The molecule has 2 aromatic carbocycles. The van der Waals surface area contributed by atoms with Crippen molar-refractivity contribution in [2.75, 3.05) is 7.11 Å². The molecule has 3 N–H and O–H groups in total. The summed E-state index contributed by atoms with van der Waals surface area (Å²) in [6.45, 7) is 0. The number of hydrogen-bond donors (Lipinski definition) is 3. The topological polar surface area (TPSA) is 114 Å². The van der Waals surface area contributed by atoms with Gasteiger partial charge in [-0.15, -0.1) is 0 Å². The van der Waals surface area contributed by atoms with Gasteiger partial charge in [-0.1, -0.05) is 12.1 Å². The van der Waals surface area contributed by atoms with Gasteiger partial charge in [0.25, 0.3) is 5.69 Å². The van der Waals surface area contributed by atoms with Crippen LogP contribution in [0.2, 0.25) is 0 Å². The quantitative estimate of drug-likeness (QED) is 0.273. The Kier molecular flexibility index (Phi) is 5.87. The number of thiocarbonyl (C=S) groups is 1. The third kappa shape index (κ3) is 4.16. The van der Waals surface area contributed by atoms with Crippen LogP contribution in [-0.4, -0.2) is 39.9 Å². The zero-order valence-corrected chi connectivity index (χ0v) is 16.7. The Morgan fingerprint density at radius 3 is 2.45 bits per heavy atom. The summed E-state index contributed by atoms with van der Waals surface area (Å²) in [5, 5.41) is 25.5. The van der Waals surface area contributed by atoms with Crippen molar-refractivity contribution in [2.45, 2.75) is 17.9 Å². The van der Waals surface area contributed by atoms with Gasteiger partial charge in [-0.25, -0.2) is 0 Å².